The molecule has 1 heterocycles. The minimum Gasteiger partial charge on any atom is -0.456 e. The van der Waals surface area contributed by atoms with Gasteiger partial charge in [-0.3, -0.25) is 0 Å². The monoisotopic (exact) mass is 251 g/mol. The van der Waals surface area contributed by atoms with Crippen molar-refractivity contribution in [2.75, 3.05) is 11.9 Å². The van der Waals surface area contributed by atoms with Crippen molar-refractivity contribution in [3.63, 3.8) is 0 Å². The van der Waals surface area contributed by atoms with Gasteiger partial charge in [0.15, 0.2) is 0 Å². The number of halogens is 1. The van der Waals surface area contributed by atoms with Crippen molar-refractivity contribution in [1.29, 1.82) is 0 Å². The molecule has 0 aliphatic carbocycles. The predicted octanol–water partition coefficient (Wildman–Crippen LogP) is 3.14. The number of fused-ring (bicyclic) bond motifs is 1. The number of anilines is 1. The van der Waals surface area contributed by atoms with Gasteiger partial charge in [0.2, 0.25) is 0 Å². The number of esters is 1. The standard InChI is InChI=1S/C14H18FNO2/c1-14(2,3)18-13(17)10-7-9-5-4-6-16-12(9)8-11(10)15/h7-8,16H,4-6H2,1-3H3. The highest BCUT2D eigenvalue weighted by atomic mass is 19.1. The Hall–Kier alpha value is -1.58. The Labute approximate surface area is 106 Å². The number of ether oxygens (including phenoxy) is 1. The molecule has 0 aromatic heterocycles. The number of hydrogen-bond acceptors (Lipinski definition) is 3. The van der Waals surface area contributed by atoms with Crippen molar-refractivity contribution in [2.45, 2.75) is 39.2 Å². The number of aryl methyl sites for hydroxylation is 1. The summed E-state index contributed by atoms with van der Waals surface area (Å²) >= 11 is 0. The molecule has 0 unspecified atom stereocenters. The van der Waals surface area contributed by atoms with Crippen molar-refractivity contribution in [3.05, 3.63) is 29.1 Å². The fraction of sp³-hybridized carbons (Fsp3) is 0.500. The number of benzene rings is 1. The van der Waals surface area contributed by atoms with Gasteiger partial charge in [0.25, 0.3) is 0 Å². The van der Waals surface area contributed by atoms with E-state index < -0.39 is 17.4 Å². The first-order chi connectivity index (χ1) is 8.37. The van der Waals surface area contributed by atoms with Gasteiger partial charge < -0.3 is 10.1 Å². The van der Waals surface area contributed by atoms with Crippen LogP contribution < -0.4 is 5.32 Å². The molecule has 0 spiro atoms. The van der Waals surface area contributed by atoms with E-state index in [-0.39, 0.29) is 5.56 Å². The molecule has 0 saturated carbocycles. The molecule has 1 aliphatic heterocycles. The van der Waals surface area contributed by atoms with Crippen LogP contribution in [0.3, 0.4) is 0 Å². The molecule has 3 nitrogen and oxygen atoms in total. The Balaban J connectivity index is 2.31. The Morgan fingerprint density at radius 1 is 1.39 bits per heavy atom. The van der Waals surface area contributed by atoms with E-state index in [9.17, 15) is 9.18 Å². The van der Waals surface area contributed by atoms with E-state index in [1.807, 2.05) is 0 Å². The molecule has 1 aromatic carbocycles. The van der Waals surface area contributed by atoms with Crippen LogP contribution in [-0.4, -0.2) is 18.1 Å². The Morgan fingerprint density at radius 2 is 2.11 bits per heavy atom. The minimum atomic E-state index is -0.613. The van der Waals surface area contributed by atoms with E-state index in [1.165, 1.54) is 6.07 Å². The molecule has 0 saturated heterocycles. The zero-order valence-electron chi connectivity index (χ0n) is 11.0. The number of carbonyl (C=O) groups excluding carboxylic acids is 1. The summed E-state index contributed by atoms with van der Waals surface area (Å²) in [6, 6.07) is 2.98. The number of nitrogens with one attached hydrogen (secondary N) is 1. The molecule has 2 rings (SSSR count). The van der Waals surface area contributed by atoms with Crippen LogP contribution in [0.1, 0.15) is 43.1 Å². The van der Waals surface area contributed by atoms with Crippen LogP contribution in [0, 0.1) is 5.82 Å². The SMILES string of the molecule is CC(C)(C)OC(=O)c1cc2c(cc1F)NCCC2. The lowest BCUT2D eigenvalue weighted by Gasteiger charge is -2.22. The lowest BCUT2D eigenvalue weighted by atomic mass is 10.0. The van der Waals surface area contributed by atoms with Crippen LogP contribution in [0.15, 0.2) is 12.1 Å². The van der Waals surface area contributed by atoms with Crippen molar-refractivity contribution in [3.8, 4) is 0 Å². The van der Waals surface area contributed by atoms with Crippen molar-refractivity contribution in [1.82, 2.24) is 0 Å². The highest BCUT2D eigenvalue weighted by Crippen LogP contribution is 2.26. The summed E-state index contributed by atoms with van der Waals surface area (Å²) in [5, 5.41) is 3.13. The van der Waals surface area contributed by atoms with E-state index in [0.717, 1.165) is 30.6 Å². The molecular weight excluding hydrogens is 233 g/mol. The van der Waals surface area contributed by atoms with Gasteiger partial charge in [-0.15, -0.1) is 0 Å². The molecule has 0 fully saturated rings. The smallest absolute Gasteiger partial charge is 0.341 e. The van der Waals surface area contributed by atoms with E-state index >= 15 is 0 Å². The third-order valence-electron chi connectivity index (χ3n) is 2.75. The topological polar surface area (TPSA) is 38.3 Å². The van der Waals surface area contributed by atoms with E-state index in [0.29, 0.717) is 0 Å². The van der Waals surface area contributed by atoms with Gasteiger partial charge in [-0.25, -0.2) is 9.18 Å². The van der Waals surface area contributed by atoms with Gasteiger partial charge >= 0.3 is 5.97 Å². The summed E-state index contributed by atoms with van der Waals surface area (Å²) in [5.74, 6) is -1.13. The third kappa shape index (κ3) is 2.81. The van der Waals surface area contributed by atoms with Crippen LogP contribution in [0.4, 0.5) is 10.1 Å². The maximum atomic E-state index is 13.9. The molecule has 4 heteroatoms. The Kier molecular flexibility index (Phi) is 3.28. The number of carbonyl (C=O) groups is 1. The molecule has 1 aromatic rings. The average molecular weight is 251 g/mol. The van der Waals surface area contributed by atoms with E-state index in [1.54, 1.807) is 26.8 Å². The second-order valence-corrected chi connectivity index (χ2v) is 5.52. The first kappa shape index (κ1) is 12.9. The van der Waals surface area contributed by atoms with Gasteiger partial charge in [-0.05, 0) is 51.3 Å². The maximum absolute atomic E-state index is 13.9. The molecule has 0 radical (unpaired) electrons. The van der Waals surface area contributed by atoms with Gasteiger partial charge in [0.05, 0.1) is 5.56 Å². The van der Waals surface area contributed by atoms with E-state index in [2.05, 4.69) is 5.32 Å². The fourth-order valence-electron chi connectivity index (χ4n) is 1.98. The second-order valence-electron chi connectivity index (χ2n) is 5.52. The van der Waals surface area contributed by atoms with Gasteiger partial charge in [-0.1, -0.05) is 0 Å². The first-order valence-corrected chi connectivity index (χ1v) is 6.16. The summed E-state index contributed by atoms with van der Waals surface area (Å²) < 4.78 is 19.1. The van der Waals surface area contributed by atoms with Crippen LogP contribution in [0.2, 0.25) is 0 Å². The highest BCUT2D eigenvalue weighted by molar-refractivity contribution is 5.91. The maximum Gasteiger partial charge on any atom is 0.341 e. The summed E-state index contributed by atoms with van der Waals surface area (Å²) in [5.41, 5.74) is 1.17. The lowest BCUT2D eigenvalue weighted by molar-refractivity contribution is 0.00646. The Morgan fingerprint density at radius 3 is 2.78 bits per heavy atom. The lowest BCUT2D eigenvalue weighted by Crippen LogP contribution is -2.25. The largest absolute Gasteiger partial charge is 0.456 e. The summed E-state index contributed by atoms with van der Waals surface area (Å²) in [7, 11) is 0. The van der Waals surface area contributed by atoms with Gasteiger partial charge in [-0.2, -0.15) is 0 Å². The van der Waals surface area contributed by atoms with Gasteiger partial charge in [0.1, 0.15) is 11.4 Å². The van der Waals surface area contributed by atoms with Crippen LogP contribution >= 0.6 is 0 Å². The molecule has 0 atom stereocenters. The van der Waals surface area contributed by atoms with Crippen LogP contribution in [-0.2, 0) is 11.2 Å². The zero-order valence-corrected chi connectivity index (χ0v) is 11.0. The summed E-state index contributed by atoms with van der Waals surface area (Å²) in [6.45, 7) is 6.15. The van der Waals surface area contributed by atoms with Gasteiger partial charge in [0, 0.05) is 12.2 Å². The van der Waals surface area contributed by atoms with Crippen LogP contribution in [0.25, 0.3) is 0 Å². The number of hydrogen-bond donors (Lipinski definition) is 1. The van der Waals surface area contributed by atoms with Crippen LogP contribution in [0.5, 0.6) is 0 Å². The molecule has 98 valence electrons. The molecule has 0 amide bonds. The molecule has 0 bridgehead atoms. The normalized spacial score (nSPS) is 14.7. The summed E-state index contributed by atoms with van der Waals surface area (Å²) in [4.78, 5) is 11.9. The second kappa shape index (κ2) is 4.59. The van der Waals surface area contributed by atoms with Crippen molar-refractivity contribution in [2.24, 2.45) is 0 Å². The predicted molar refractivity (Wildman–Crippen MR) is 68.4 cm³/mol. The molecular formula is C14H18FNO2. The van der Waals surface area contributed by atoms with E-state index in [4.69, 9.17) is 4.74 Å². The van der Waals surface area contributed by atoms with Crippen molar-refractivity contribution < 1.29 is 13.9 Å². The average Bonchev–Trinajstić information content (AvgIpc) is 2.25. The minimum absolute atomic E-state index is 0.0207. The first-order valence-electron chi connectivity index (χ1n) is 6.16. The molecule has 1 N–H and O–H groups in total. The molecule has 18 heavy (non-hydrogen) atoms. The van der Waals surface area contributed by atoms with Crippen molar-refractivity contribution >= 4 is 11.7 Å². The highest BCUT2D eigenvalue weighted by Gasteiger charge is 2.23. The third-order valence-corrected chi connectivity index (χ3v) is 2.75. The Bertz CT molecular complexity index is 477. The quantitative estimate of drug-likeness (QED) is 0.779. The zero-order chi connectivity index (χ0) is 13.3. The fourth-order valence-corrected chi connectivity index (χ4v) is 1.98. The molecule has 1 aliphatic rings. The number of rotatable bonds is 1. The summed E-state index contributed by atoms with van der Waals surface area (Å²) in [6.07, 6.45) is 1.85.